The van der Waals surface area contributed by atoms with Crippen molar-refractivity contribution in [1.82, 2.24) is 10.3 Å². The molecule has 0 bridgehead atoms. The van der Waals surface area contributed by atoms with Crippen molar-refractivity contribution < 1.29 is 4.74 Å². The first-order chi connectivity index (χ1) is 9.31. The van der Waals surface area contributed by atoms with Crippen LogP contribution in [-0.2, 0) is 12.8 Å². The maximum absolute atomic E-state index is 5.26. The van der Waals surface area contributed by atoms with Crippen LogP contribution in [0.15, 0.2) is 48.7 Å². The van der Waals surface area contributed by atoms with Gasteiger partial charge in [-0.05, 0) is 43.3 Å². The largest absolute Gasteiger partial charge is 0.497 e. The summed E-state index contributed by atoms with van der Waals surface area (Å²) in [5.41, 5.74) is 2.39. The van der Waals surface area contributed by atoms with Gasteiger partial charge in [0.15, 0.2) is 0 Å². The number of pyridine rings is 1. The molecule has 3 nitrogen and oxygen atoms in total. The zero-order valence-electron chi connectivity index (χ0n) is 11.5. The second-order valence-corrected chi connectivity index (χ2v) is 4.57. The lowest BCUT2D eigenvalue weighted by molar-refractivity contribution is 0.414. The molecule has 1 N–H and O–H groups in total. The molecule has 0 aliphatic rings. The maximum Gasteiger partial charge on any atom is 0.119 e. The Balaban J connectivity index is 2.02. The number of methoxy groups -OCH3 is 1. The Kier molecular flexibility index (Phi) is 4.93. The predicted octanol–water partition coefficient (Wildman–Crippen LogP) is 2.46. The smallest absolute Gasteiger partial charge is 0.119 e. The van der Waals surface area contributed by atoms with E-state index in [9.17, 15) is 0 Å². The molecule has 1 unspecified atom stereocenters. The molecule has 3 heteroatoms. The van der Waals surface area contributed by atoms with Crippen LogP contribution in [0.3, 0.4) is 0 Å². The summed E-state index contributed by atoms with van der Waals surface area (Å²) in [5, 5.41) is 3.36. The Morgan fingerprint density at radius 1 is 1.16 bits per heavy atom. The third-order valence-electron chi connectivity index (χ3n) is 3.21. The van der Waals surface area contributed by atoms with Gasteiger partial charge in [-0.15, -0.1) is 0 Å². The van der Waals surface area contributed by atoms with Crippen molar-refractivity contribution in [2.24, 2.45) is 0 Å². The van der Waals surface area contributed by atoms with Gasteiger partial charge < -0.3 is 10.1 Å². The molecule has 0 aliphatic carbocycles. The Labute approximate surface area is 114 Å². The molecule has 1 heterocycles. The first kappa shape index (κ1) is 13.6. The summed E-state index contributed by atoms with van der Waals surface area (Å²) in [7, 11) is 3.69. The minimum Gasteiger partial charge on any atom is -0.497 e. The minimum atomic E-state index is 0.377. The number of likely N-dealkylation sites (N-methyl/N-ethyl adjacent to an activating group) is 1. The molecule has 2 rings (SSSR count). The van der Waals surface area contributed by atoms with E-state index in [4.69, 9.17) is 4.74 Å². The summed E-state index contributed by atoms with van der Waals surface area (Å²) in [6.07, 6.45) is 3.73. The molecule has 1 aromatic heterocycles. The number of nitrogens with zero attached hydrogens (tertiary/aromatic N) is 1. The average Bonchev–Trinajstić information content (AvgIpc) is 2.48. The van der Waals surface area contributed by atoms with Gasteiger partial charge >= 0.3 is 0 Å². The van der Waals surface area contributed by atoms with Crippen molar-refractivity contribution in [3.63, 3.8) is 0 Å². The van der Waals surface area contributed by atoms with Crippen LogP contribution < -0.4 is 10.1 Å². The monoisotopic (exact) mass is 256 g/mol. The molecule has 1 aromatic carbocycles. The van der Waals surface area contributed by atoms with E-state index >= 15 is 0 Å². The van der Waals surface area contributed by atoms with Crippen molar-refractivity contribution in [2.75, 3.05) is 14.2 Å². The van der Waals surface area contributed by atoms with E-state index < -0.39 is 0 Å². The molecular weight excluding hydrogens is 236 g/mol. The summed E-state index contributed by atoms with van der Waals surface area (Å²) in [6.45, 7) is 0. The van der Waals surface area contributed by atoms with Crippen molar-refractivity contribution in [2.45, 2.75) is 18.9 Å². The lowest BCUT2D eigenvalue weighted by atomic mass is 10.0. The Morgan fingerprint density at radius 2 is 2.05 bits per heavy atom. The second-order valence-electron chi connectivity index (χ2n) is 4.57. The first-order valence-corrected chi connectivity index (χ1v) is 6.52. The molecule has 0 saturated heterocycles. The Hall–Kier alpha value is -1.87. The molecule has 2 aromatic rings. The van der Waals surface area contributed by atoms with Crippen molar-refractivity contribution in [1.29, 1.82) is 0 Å². The zero-order chi connectivity index (χ0) is 13.5. The summed E-state index contributed by atoms with van der Waals surface area (Å²) in [6, 6.07) is 14.6. The van der Waals surface area contributed by atoms with Gasteiger partial charge in [0.25, 0.3) is 0 Å². The molecular formula is C16H20N2O. The third-order valence-corrected chi connectivity index (χ3v) is 3.21. The van der Waals surface area contributed by atoms with Crippen LogP contribution in [0.4, 0.5) is 0 Å². The van der Waals surface area contributed by atoms with Crippen LogP contribution in [0.2, 0.25) is 0 Å². The SMILES string of the molecule is CNC(Cc1cccc(OC)c1)Cc1ccccn1. The van der Waals surface area contributed by atoms with Crippen LogP contribution in [0.25, 0.3) is 0 Å². The number of hydrogen-bond donors (Lipinski definition) is 1. The lowest BCUT2D eigenvalue weighted by Crippen LogP contribution is -2.30. The quantitative estimate of drug-likeness (QED) is 0.862. The number of aromatic nitrogens is 1. The topological polar surface area (TPSA) is 34.1 Å². The van der Waals surface area contributed by atoms with Crippen LogP contribution in [0.1, 0.15) is 11.3 Å². The van der Waals surface area contributed by atoms with Crippen molar-refractivity contribution in [3.8, 4) is 5.75 Å². The van der Waals surface area contributed by atoms with E-state index in [1.807, 2.05) is 37.5 Å². The molecule has 0 saturated carbocycles. The summed E-state index contributed by atoms with van der Waals surface area (Å²) >= 11 is 0. The van der Waals surface area contributed by atoms with E-state index in [0.717, 1.165) is 24.3 Å². The van der Waals surface area contributed by atoms with Gasteiger partial charge in [-0.25, -0.2) is 0 Å². The van der Waals surface area contributed by atoms with E-state index in [2.05, 4.69) is 28.5 Å². The fourth-order valence-electron chi connectivity index (χ4n) is 2.13. The summed E-state index contributed by atoms with van der Waals surface area (Å²) in [5.74, 6) is 0.908. The standard InChI is InChI=1S/C16H20N2O/c1-17-15(12-14-7-3-4-9-18-14)10-13-6-5-8-16(11-13)19-2/h3-9,11,15,17H,10,12H2,1-2H3. The van der Waals surface area contributed by atoms with E-state index in [1.54, 1.807) is 7.11 Å². The lowest BCUT2D eigenvalue weighted by Gasteiger charge is -2.16. The number of nitrogens with one attached hydrogen (secondary N) is 1. The minimum absolute atomic E-state index is 0.377. The highest BCUT2D eigenvalue weighted by atomic mass is 16.5. The molecule has 100 valence electrons. The molecule has 0 fully saturated rings. The third kappa shape index (κ3) is 4.07. The fraction of sp³-hybridized carbons (Fsp3) is 0.312. The van der Waals surface area contributed by atoms with Gasteiger partial charge in [-0.3, -0.25) is 4.98 Å². The van der Waals surface area contributed by atoms with Crippen LogP contribution in [0, 0.1) is 0 Å². The fourth-order valence-corrected chi connectivity index (χ4v) is 2.13. The highest BCUT2D eigenvalue weighted by molar-refractivity contribution is 5.29. The van der Waals surface area contributed by atoms with E-state index in [0.29, 0.717) is 6.04 Å². The first-order valence-electron chi connectivity index (χ1n) is 6.52. The number of hydrogen-bond acceptors (Lipinski definition) is 3. The second kappa shape index (κ2) is 6.90. The number of benzene rings is 1. The maximum atomic E-state index is 5.26. The number of rotatable bonds is 6. The van der Waals surface area contributed by atoms with Crippen LogP contribution >= 0.6 is 0 Å². The van der Waals surface area contributed by atoms with Gasteiger partial charge in [0.1, 0.15) is 5.75 Å². The van der Waals surface area contributed by atoms with E-state index in [-0.39, 0.29) is 0 Å². The molecule has 19 heavy (non-hydrogen) atoms. The van der Waals surface area contributed by atoms with E-state index in [1.165, 1.54) is 5.56 Å². The van der Waals surface area contributed by atoms with Gasteiger partial charge in [-0.2, -0.15) is 0 Å². The van der Waals surface area contributed by atoms with Gasteiger partial charge in [-0.1, -0.05) is 18.2 Å². The number of ether oxygens (including phenoxy) is 1. The molecule has 0 aliphatic heterocycles. The van der Waals surface area contributed by atoms with Gasteiger partial charge in [0, 0.05) is 24.4 Å². The zero-order valence-corrected chi connectivity index (χ0v) is 11.5. The van der Waals surface area contributed by atoms with Crippen molar-refractivity contribution in [3.05, 3.63) is 59.9 Å². The highest BCUT2D eigenvalue weighted by Crippen LogP contribution is 2.15. The Morgan fingerprint density at radius 3 is 2.74 bits per heavy atom. The molecule has 1 atom stereocenters. The summed E-state index contributed by atoms with van der Waals surface area (Å²) in [4.78, 5) is 4.38. The van der Waals surface area contributed by atoms with Gasteiger partial charge in [0.05, 0.1) is 7.11 Å². The molecule has 0 spiro atoms. The summed E-state index contributed by atoms with van der Waals surface area (Å²) < 4.78 is 5.26. The van der Waals surface area contributed by atoms with Gasteiger partial charge in [0.2, 0.25) is 0 Å². The average molecular weight is 256 g/mol. The van der Waals surface area contributed by atoms with Crippen LogP contribution in [0.5, 0.6) is 5.75 Å². The van der Waals surface area contributed by atoms with Crippen molar-refractivity contribution >= 4 is 0 Å². The molecule has 0 amide bonds. The van der Waals surface area contributed by atoms with Crippen LogP contribution in [-0.4, -0.2) is 25.2 Å². The molecule has 0 radical (unpaired) electrons. The highest BCUT2D eigenvalue weighted by Gasteiger charge is 2.09. The Bertz CT molecular complexity index is 499. The predicted molar refractivity (Wildman–Crippen MR) is 77.5 cm³/mol. The normalized spacial score (nSPS) is 12.1.